The molecule has 1 saturated heterocycles. The van der Waals surface area contributed by atoms with Gasteiger partial charge in [0.1, 0.15) is 0 Å². The zero-order valence-corrected chi connectivity index (χ0v) is 12.6. The Bertz CT molecular complexity index is 417. The summed E-state index contributed by atoms with van der Waals surface area (Å²) in [5.74, 6) is 1.91. The molecule has 0 amide bonds. The molecule has 1 unspecified atom stereocenters. The SMILES string of the molecule is CC(C)CC(C)Nc1nc(Cl)nc(N2CCCC2)n1. The molecule has 0 radical (unpaired) electrons. The number of anilines is 2. The predicted octanol–water partition coefficient (Wildman–Crippen LogP) is 2.97. The van der Waals surface area contributed by atoms with E-state index in [1.165, 1.54) is 12.8 Å². The Morgan fingerprint density at radius 1 is 1.16 bits per heavy atom. The van der Waals surface area contributed by atoms with Gasteiger partial charge in [-0.15, -0.1) is 0 Å². The van der Waals surface area contributed by atoms with Crippen molar-refractivity contribution in [1.82, 2.24) is 15.0 Å². The minimum Gasteiger partial charge on any atom is -0.352 e. The van der Waals surface area contributed by atoms with Crippen LogP contribution in [-0.4, -0.2) is 34.1 Å². The molecule has 1 aliphatic heterocycles. The molecule has 5 nitrogen and oxygen atoms in total. The zero-order chi connectivity index (χ0) is 13.8. The molecule has 1 aromatic rings. The number of hydrogen-bond donors (Lipinski definition) is 1. The molecule has 1 fully saturated rings. The van der Waals surface area contributed by atoms with Gasteiger partial charge in [0.25, 0.3) is 0 Å². The van der Waals surface area contributed by atoms with Gasteiger partial charge in [0.15, 0.2) is 0 Å². The zero-order valence-electron chi connectivity index (χ0n) is 11.9. The van der Waals surface area contributed by atoms with Crippen LogP contribution >= 0.6 is 11.6 Å². The maximum atomic E-state index is 5.99. The second kappa shape index (κ2) is 6.37. The quantitative estimate of drug-likeness (QED) is 0.900. The van der Waals surface area contributed by atoms with E-state index in [2.05, 4.69) is 45.9 Å². The average Bonchev–Trinajstić information content (AvgIpc) is 2.79. The molecule has 2 rings (SSSR count). The van der Waals surface area contributed by atoms with Gasteiger partial charge in [0.2, 0.25) is 17.2 Å². The molecule has 0 bridgehead atoms. The third-order valence-electron chi connectivity index (χ3n) is 3.19. The minimum atomic E-state index is 0.260. The third kappa shape index (κ3) is 4.20. The lowest BCUT2D eigenvalue weighted by Gasteiger charge is -2.18. The molecular weight excluding hydrogens is 262 g/mol. The fraction of sp³-hybridized carbons (Fsp3) is 0.769. The maximum Gasteiger partial charge on any atom is 0.231 e. The van der Waals surface area contributed by atoms with Gasteiger partial charge in [-0.2, -0.15) is 15.0 Å². The minimum absolute atomic E-state index is 0.260. The molecule has 0 spiro atoms. The summed E-state index contributed by atoms with van der Waals surface area (Å²) < 4.78 is 0. The first-order valence-electron chi connectivity index (χ1n) is 6.97. The molecule has 1 aromatic heterocycles. The summed E-state index contributed by atoms with van der Waals surface area (Å²) in [5, 5.41) is 3.56. The monoisotopic (exact) mass is 283 g/mol. The first-order valence-corrected chi connectivity index (χ1v) is 7.35. The van der Waals surface area contributed by atoms with Gasteiger partial charge in [-0.3, -0.25) is 0 Å². The van der Waals surface area contributed by atoms with Crippen molar-refractivity contribution in [1.29, 1.82) is 0 Å². The molecule has 19 heavy (non-hydrogen) atoms. The lowest BCUT2D eigenvalue weighted by molar-refractivity contribution is 0.537. The van der Waals surface area contributed by atoms with E-state index in [9.17, 15) is 0 Å². The van der Waals surface area contributed by atoms with E-state index in [-0.39, 0.29) is 5.28 Å². The van der Waals surface area contributed by atoms with Gasteiger partial charge in [-0.25, -0.2) is 0 Å². The van der Waals surface area contributed by atoms with Gasteiger partial charge in [-0.1, -0.05) is 13.8 Å². The Morgan fingerprint density at radius 3 is 2.47 bits per heavy atom. The molecule has 1 N–H and O–H groups in total. The molecule has 6 heteroatoms. The first-order chi connectivity index (χ1) is 9.04. The van der Waals surface area contributed by atoms with Gasteiger partial charge in [-0.05, 0) is 43.7 Å². The number of hydrogen-bond acceptors (Lipinski definition) is 5. The van der Waals surface area contributed by atoms with Crippen LogP contribution in [0.4, 0.5) is 11.9 Å². The highest BCUT2D eigenvalue weighted by Gasteiger charge is 2.17. The summed E-state index contributed by atoms with van der Waals surface area (Å²) in [6.45, 7) is 8.54. The van der Waals surface area contributed by atoms with Crippen LogP contribution < -0.4 is 10.2 Å². The number of halogens is 1. The molecule has 0 saturated carbocycles. The Morgan fingerprint density at radius 2 is 1.84 bits per heavy atom. The van der Waals surface area contributed by atoms with E-state index in [0.717, 1.165) is 19.5 Å². The van der Waals surface area contributed by atoms with Crippen molar-refractivity contribution < 1.29 is 0 Å². The van der Waals surface area contributed by atoms with Crippen molar-refractivity contribution in [3.05, 3.63) is 5.28 Å². The van der Waals surface area contributed by atoms with Crippen LogP contribution in [0.5, 0.6) is 0 Å². The highest BCUT2D eigenvalue weighted by atomic mass is 35.5. The van der Waals surface area contributed by atoms with Crippen molar-refractivity contribution >= 4 is 23.5 Å². The standard InChI is InChI=1S/C13H22ClN5/c1-9(2)8-10(3)15-12-16-11(14)17-13(18-12)19-6-4-5-7-19/h9-10H,4-8H2,1-3H3,(H,15,16,17,18). The molecule has 0 aliphatic carbocycles. The summed E-state index contributed by atoms with van der Waals surface area (Å²) in [7, 11) is 0. The van der Waals surface area contributed by atoms with Crippen LogP contribution in [0, 0.1) is 5.92 Å². The highest BCUT2D eigenvalue weighted by Crippen LogP contribution is 2.19. The summed E-state index contributed by atoms with van der Waals surface area (Å²) in [4.78, 5) is 15.0. The van der Waals surface area contributed by atoms with E-state index in [1.54, 1.807) is 0 Å². The van der Waals surface area contributed by atoms with Crippen molar-refractivity contribution in [2.24, 2.45) is 5.92 Å². The summed E-state index contributed by atoms with van der Waals surface area (Å²) >= 11 is 5.99. The fourth-order valence-corrected chi connectivity index (χ4v) is 2.60. The highest BCUT2D eigenvalue weighted by molar-refractivity contribution is 6.28. The number of aromatic nitrogens is 3. The lowest BCUT2D eigenvalue weighted by atomic mass is 10.1. The van der Waals surface area contributed by atoms with E-state index in [1.807, 2.05) is 0 Å². The Hall–Kier alpha value is -1.10. The molecular formula is C13H22ClN5. The fourth-order valence-electron chi connectivity index (χ4n) is 2.45. The molecule has 1 aliphatic rings. The molecule has 2 heterocycles. The van der Waals surface area contributed by atoms with Crippen molar-refractivity contribution in [3.63, 3.8) is 0 Å². The second-order valence-electron chi connectivity index (χ2n) is 5.60. The van der Waals surface area contributed by atoms with Crippen LogP contribution in [-0.2, 0) is 0 Å². The van der Waals surface area contributed by atoms with Crippen LogP contribution in [0.3, 0.4) is 0 Å². The molecule has 1 atom stereocenters. The number of rotatable bonds is 5. The lowest BCUT2D eigenvalue weighted by Crippen LogP contribution is -2.23. The third-order valence-corrected chi connectivity index (χ3v) is 3.35. The summed E-state index contributed by atoms with van der Waals surface area (Å²) in [6.07, 6.45) is 3.45. The van der Waals surface area contributed by atoms with E-state index < -0.39 is 0 Å². The van der Waals surface area contributed by atoms with Gasteiger partial charge < -0.3 is 10.2 Å². The first kappa shape index (κ1) is 14.3. The smallest absolute Gasteiger partial charge is 0.231 e. The predicted molar refractivity (Wildman–Crippen MR) is 78.8 cm³/mol. The van der Waals surface area contributed by atoms with Crippen LogP contribution in [0.15, 0.2) is 0 Å². The normalized spacial score (nSPS) is 17.0. The summed E-state index contributed by atoms with van der Waals surface area (Å²) in [6, 6.07) is 0.324. The van der Waals surface area contributed by atoms with Crippen LogP contribution in [0.2, 0.25) is 5.28 Å². The molecule has 0 aromatic carbocycles. The van der Waals surface area contributed by atoms with Gasteiger partial charge in [0.05, 0.1) is 0 Å². The van der Waals surface area contributed by atoms with Gasteiger partial charge >= 0.3 is 0 Å². The molecule has 106 valence electrons. The van der Waals surface area contributed by atoms with E-state index >= 15 is 0 Å². The maximum absolute atomic E-state index is 5.99. The van der Waals surface area contributed by atoms with E-state index in [0.29, 0.717) is 23.9 Å². The number of nitrogens with zero attached hydrogens (tertiary/aromatic N) is 4. The van der Waals surface area contributed by atoms with Crippen LogP contribution in [0.1, 0.15) is 40.0 Å². The van der Waals surface area contributed by atoms with Crippen molar-refractivity contribution in [3.8, 4) is 0 Å². The van der Waals surface area contributed by atoms with Crippen LogP contribution in [0.25, 0.3) is 0 Å². The van der Waals surface area contributed by atoms with Gasteiger partial charge in [0, 0.05) is 19.1 Å². The largest absolute Gasteiger partial charge is 0.352 e. The van der Waals surface area contributed by atoms with Crippen molar-refractivity contribution in [2.45, 2.75) is 46.1 Å². The Kier molecular flexibility index (Phi) is 4.80. The average molecular weight is 284 g/mol. The number of nitrogens with one attached hydrogen (secondary N) is 1. The Balaban J connectivity index is 2.07. The van der Waals surface area contributed by atoms with E-state index in [4.69, 9.17) is 11.6 Å². The topological polar surface area (TPSA) is 53.9 Å². The second-order valence-corrected chi connectivity index (χ2v) is 5.94. The summed E-state index contributed by atoms with van der Waals surface area (Å²) in [5.41, 5.74) is 0. The Labute approximate surface area is 119 Å². The van der Waals surface area contributed by atoms with Crippen molar-refractivity contribution in [2.75, 3.05) is 23.3 Å².